The van der Waals surface area contributed by atoms with Gasteiger partial charge < -0.3 is 4.90 Å². The highest BCUT2D eigenvalue weighted by molar-refractivity contribution is 9.09. The van der Waals surface area contributed by atoms with Crippen LogP contribution in [0.1, 0.15) is 17.4 Å². The molecule has 6 heteroatoms. The predicted octanol–water partition coefficient (Wildman–Crippen LogP) is 0.670. The highest BCUT2D eigenvalue weighted by Gasteiger charge is 2.31. The third kappa shape index (κ3) is 2.04. The van der Waals surface area contributed by atoms with Crippen molar-refractivity contribution in [1.82, 2.24) is 19.9 Å². The Morgan fingerprint density at radius 3 is 2.80 bits per heavy atom. The van der Waals surface area contributed by atoms with Crippen LogP contribution in [0.2, 0.25) is 0 Å². The average molecular weight is 273 g/mol. The summed E-state index contributed by atoms with van der Waals surface area (Å²) in [5, 5.41) is 7.90. The van der Waals surface area contributed by atoms with Crippen molar-refractivity contribution in [3.63, 3.8) is 0 Å². The van der Waals surface area contributed by atoms with Crippen molar-refractivity contribution in [1.29, 1.82) is 0 Å². The fourth-order valence-electron chi connectivity index (χ4n) is 1.70. The molecule has 15 heavy (non-hydrogen) atoms. The summed E-state index contributed by atoms with van der Waals surface area (Å²) in [5.41, 5.74) is 0.423. The van der Waals surface area contributed by atoms with Gasteiger partial charge in [0.25, 0.3) is 5.91 Å². The first-order valence-corrected chi connectivity index (χ1v) is 5.79. The number of halogens is 1. The molecule has 1 aliphatic heterocycles. The maximum Gasteiger partial charge on any atom is 0.276 e. The molecule has 0 aliphatic carbocycles. The number of aryl methyl sites for hydroxylation is 1. The van der Waals surface area contributed by atoms with E-state index in [0.717, 1.165) is 13.1 Å². The zero-order valence-electron chi connectivity index (χ0n) is 8.72. The minimum atomic E-state index is -0.0306. The van der Waals surface area contributed by atoms with Crippen molar-refractivity contribution < 1.29 is 4.79 Å². The van der Waals surface area contributed by atoms with Crippen molar-refractivity contribution in [2.45, 2.75) is 11.8 Å². The summed E-state index contributed by atoms with van der Waals surface area (Å²) in [6.07, 6.45) is 1.51. The van der Waals surface area contributed by atoms with E-state index < -0.39 is 0 Å². The number of likely N-dealkylation sites (tertiary alicyclic amines) is 1. The van der Waals surface area contributed by atoms with E-state index in [1.807, 2.05) is 4.90 Å². The largest absolute Gasteiger partial charge is 0.336 e. The molecule has 1 aromatic rings. The molecule has 1 saturated heterocycles. The number of rotatable bonds is 1. The quantitative estimate of drug-likeness (QED) is 0.707. The topological polar surface area (TPSA) is 51.0 Å². The summed E-state index contributed by atoms with van der Waals surface area (Å²) in [7, 11) is 1.71. The Bertz CT molecular complexity index is 368. The van der Waals surface area contributed by atoms with Gasteiger partial charge in [0, 0.05) is 25.0 Å². The molecule has 1 aromatic heterocycles. The zero-order valence-corrected chi connectivity index (χ0v) is 10.3. The number of hydrogen-bond acceptors (Lipinski definition) is 3. The molecule has 0 saturated carbocycles. The molecule has 2 atom stereocenters. The zero-order chi connectivity index (χ0) is 11.0. The van der Waals surface area contributed by atoms with Crippen LogP contribution in [0.3, 0.4) is 0 Å². The number of hydrogen-bond donors (Lipinski definition) is 0. The summed E-state index contributed by atoms with van der Waals surface area (Å²) >= 11 is 3.55. The lowest BCUT2D eigenvalue weighted by Crippen LogP contribution is -2.29. The number of carbonyl (C=O) groups excluding carboxylic acids is 1. The summed E-state index contributed by atoms with van der Waals surface area (Å²) in [5.74, 6) is 0.461. The second-order valence-electron chi connectivity index (χ2n) is 3.92. The molecule has 0 aromatic carbocycles. The van der Waals surface area contributed by atoms with E-state index >= 15 is 0 Å². The molecule has 0 radical (unpaired) electrons. The molecule has 2 heterocycles. The summed E-state index contributed by atoms with van der Waals surface area (Å²) in [6.45, 7) is 3.66. The second-order valence-corrected chi connectivity index (χ2v) is 5.10. The lowest BCUT2D eigenvalue weighted by Gasteiger charge is -2.13. The Hall–Kier alpha value is -0.910. The monoisotopic (exact) mass is 272 g/mol. The van der Waals surface area contributed by atoms with Crippen LogP contribution in [0.5, 0.6) is 0 Å². The Balaban J connectivity index is 2.10. The minimum Gasteiger partial charge on any atom is -0.336 e. The molecule has 1 fully saturated rings. The van der Waals surface area contributed by atoms with Gasteiger partial charge in [-0.2, -0.15) is 9.90 Å². The fraction of sp³-hybridized carbons (Fsp3) is 0.667. The van der Waals surface area contributed by atoms with Crippen LogP contribution in [0.25, 0.3) is 0 Å². The van der Waals surface area contributed by atoms with Crippen LogP contribution >= 0.6 is 15.9 Å². The maximum atomic E-state index is 11.9. The summed E-state index contributed by atoms with van der Waals surface area (Å²) < 4.78 is 0. The molecule has 0 N–H and O–H groups in total. The van der Waals surface area contributed by atoms with Gasteiger partial charge in [-0.3, -0.25) is 4.79 Å². The van der Waals surface area contributed by atoms with Crippen LogP contribution in [0.15, 0.2) is 6.20 Å². The highest BCUT2D eigenvalue weighted by Crippen LogP contribution is 2.23. The molecule has 0 spiro atoms. The lowest BCUT2D eigenvalue weighted by molar-refractivity contribution is 0.0782. The Morgan fingerprint density at radius 1 is 1.60 bits per heavy atom. The second kappa shape index (κ2) is 3.92. The fourth-order valence-corrected chi connectivity index (χ4v) is 2.22. The van der Waals surface area contributed by atoms with Gasteiger partial charge in [-0.1, -0.05) is 22.9 Å². The van der Waals surface area contributed by atoms with E-state index in [1.54, 1.807) is 7.05 Å². The van der Waals surface area contributed by atoms with Crippen LogP contribution in [-0.2, 0) is 7.05 Å². The van der Waals surface area contributed by atoms with E-state index in [1.165, 1.54) is 11.0 Å². The third-order valence-electron chi connectivity index (χ3n) is 2.63. The Labute approximate surface area is 96.6 Å². The van der Waals surface area contributed by atoms with E-state index in [-0.39, 0.29) is 5.91 Å². The van der Waals surface area contributed by atoms with E-state index in [0.29, 0.717) is 16.4 Å². The van der Waals surface area contributed by atoms with Crippen molar-refractivity contribution in [3.8, 4) is 0 Å². The van der Waals surface area contributed by atoms with Crippen LogP contribution in [0, 0.1) is 5.92 Å². The summed E-state index contributed by atoms with van der Waals surface area (Å²) in [6, 6.07) is 0. The van der Waals surface area contributed by atoms with Gasteiger partial charge in [-0.15, -0.1) is 5.10 Å². The molecular formula is C9H13BrN4O. The van der Waals surface area contributed by atoms with Crippen molar-refractivity contribution in [3.05, 3.63) is 11.9 Å². The van der Waals surface area contributed by atoms with E-state index in [9.17, 15) is 4.79 Å². The van der Waals surface area contributed by atoms with Crippen LogP contribution < -0.4 is 0 Å². The summed E-state index contributed by atoms with van der Waals surface area (Å²) in [4.78, 5) is 15.5. The number of nitrogens with zero attached hydrogens (tertiary/aromatic N) is 4. The molecule has 1 aliphatic rings. The molecule has 82 valence electrons. The van der Waals surface area contributed by atoms with Crippen LogP contribution in [-0.4, -0.2) is 43.7 Å². The molecule has 5 nitrogen and oxygen atoms in total. The van der Waals surface area contributed by atoms with Gasteiger partial charge in [0.1, 0.15) is 0 Å². The number of amides is 1. The van der Waals surface area contributed by atoms with E-state index in [4.69, 9.17) is 0 Å². The Morgan fingerprint density at radius 2 is 2.33 bits per heavy atom. The van der Waals surface area contributed by atoms with Gasteiger partial charge in [-0.05, 0) is 5.92 Å². The number of alkyl halides is 1. The molecule has 0 bridgehead atoms. The van der Waals surface area contributed by atoms with Gasteiger partial charge in [0.05, 0.1) is 6.20 Å². The molecular weight excluding hydrogens is 260 g/mol. The maximum absolute atomic E-state index is 11.9. The first-order valence-electron chi connectivity index (χ1n) is 4.87. The van der Waals surface area contributed by atoms with E-state index in [2.05, 4.69) is 33.1 Å². The number of carbonyl (C=O) groups is 1. The third-order valence-corrected chi connectivity index (χ3v) is 3.82. The van der Waals surface area contributed by atoms with Crippen LogP contribution in [0.4, 0.5) is 0 Å². The first kappa shape index (κ1) is 10.6. The molecule has 2 unspecified atom stereocenters. The lowest BCUT2D eigenvalue weighted by atomic mass is 10.2. The highest BCUT2D eigenvalue weighted by atomic mass is 79.9. The molecule has 2 rings (SSSR count). The Kier molecular flexibility index (Phi) is 2.77. The van der Waals surface area contributed by atoms with Gasteiger partial charge in [0.2, 0.25) is 0 Å². The van der Waals surface area contributed by atoms with Crippen molar-refractivity contribution in [2.75, 3.05) is 13.1 Å². The SMILES string of the molecule is CC1CN(C(=O)c2cnn(C)n2)CC1Br. The minimum absolute atomic E-state index is 0.0306. The first-order chi connectivity index (χ1) is 7.08. The van der Waals surface area contributed by atoms with Crippen molar-refractivity contribution in [2.24, 2.45) is 13.0 Å². The molecule has 1 amide bonds. The standard InChI is InChI=1S/C9H13BrN4O/c1-6-4-14(5-7(6)10)9(15)8-3-11-13(2)12-8/h3,6-7H,4-5H2,1-2H3. The van der Waals surface area contributed by atoms with Crippen molar-refractivity contribution >= 4 is 21.8 Å². The number of aromatic nitrogens is 3. The predicted molar refractivity (Wildman–Crippen MR) is 58.8 cm³/mol. The normalized spacial score (nSPS) is 25.9. The average Bonchev–Trinajstić information content (AvgIpc) is 2.74. The van der Waals surface area contributed by atoms with Gasteiger partial charge in [0.15, 0.2) is 5.69 Å². The smallest absolute Gasteiger partial charge is 0.276 e. The van der Waals surface area contributed by atoms with Gasteiger partial charge in [-0.25, -0.2) is 0 Å². The van der Waals surface area contributed by atoms with Gasteiger partial charge >= 0.3 is 0 Å².